The molecule has 0 aliphatic carbocycles. The first kappa shape index (κ1) is 14.0. The summed E-state index contributed by atoms with van der Waals surface area (Å²) < 4.78 is 5.21. The molecular weight excluding hydrogens is 222 g/mol. The van der Waals surface area contributed by atoms with Crippen LogP contribution in [0, 0.1) is 5.92 Å². The fourth-order valence-corrected chi connectivity index (χ4v) is 1.95. The molecule has 1 amide bonds. The van der Waals surface area contributed by atoms with Crippen molar-refractivity contribution >= 4 is 11.9 Å². The van der Waals surface area contributed by atoms with Crippen molar-refractivity contribution in [1.82, 2.24) is 4.90 Å². The van der Waals surface area contributed by atoms with Gasteiger partial charge in [0, 0.05) is 20.2 Å². The lowest BCUT2D eigenvalue weighted by atomic mass is 9.96. The number of hydrogen-bond acceptors (Lipinski definition) is 3. The summed E-state index contributed by atoms with van der Waals surface area (Å²) in [6.07, 6.45) is 1.71. The molecule has 98 valence electrons. The van der Waals surface area contributed by atoms with E-state index in [9.17, 15) is 9.59 Å². The quantitative estimate of drug-likeness (QED) is 0.803. The zero-order valence-corrected chi connectivity index (χ0v) is 10.7. The van der Waals surface area contributed by atoms with E-state index in [0.717, 1.165) is 6.42 Å². The Morgan fingerprint density at radius 3 is 2.65 bits per heavy atom. The van der Waals surface area contributed by atoms with Crippen LogP contribution < -0.4 is 0 Å². The van der Waals surface area contributed by atoms with Gasteiger partial charge in [0.25, 0.3) is 0 Å². The molecular formula is C12H21NO4. The SMILES string of the molecule is COC(C)(C)CC(=O)N1CCC[C@H](C(=O)O)C1. The van der Waals surface area contributed by atoms with E-state index in [4.69, 9.17) is 9.84 Å². The van der Waals surface area contributed by atoms with E-state index in [1.54, 1.807) is 12.0 Å². The van der Waals surface area contributed by atoms with Crippen LogP contribution in [-0.2, 0) is 14.3 Å². The minimum atomic E-state index is -0.812. The van der Waals surface area contributed by atoms with Crippen LogP contribution in [0.3, 0.4) is 0 Å². The van der Waals surface area contributed by atoms with Crippen molar-refractivity contribution in [1.29, 1.82) is 0 Å². The summed E-state index contributed by atoms with van der Waals surface area (Å²) >= 11 is 0. The van der Waals surface area contributed by atoms with Crippen molar-refractivity contribution in [3.05, 3.63) is 0 Å². The van der Waals surface area contributed by atoms with Crippen LogP contribution in [0.4, 0.5) is 0 Å². The molecule has 0 unspecified atom stereocenters. The number of hydrogen-bond donors (Lipinski definition) is 1. The topological polar surface area (TPSA) is 66.8 Å². The Bertz CT molecular complexity index is 301. The van der Waals surface area contributed by atoms with Crippen molar-refractivity contribution in [3.8, 4) is 0 Å². The summed E-state index contributed by atoms with van der Waals surface area (Å²) in [5.74, 6) is -1.25. The van der Waals surface area contributed by atoms with E-state index in [0.29, 0.717) is 19.5 Å². The number of aliphatic carboxylic acids is 1. The number of carbonyl (C=O) groups excluding carboxylic acids is 1. The maximum absolute atomic E-state index is 12.0. The van der Waals surface area contributed by atoms with Gasteiger partial charge in [-0.15, -0.1) is 0 Å². The Morgan fingerprint density at radius 1 is 1.47 bits per heavy atom. The fraction of sp³-hybridized carbons (Fsp3) is 0.833. The van der Waals surface area contributed by atoms with E-state index >= 15 is 0 Å². The molecule has 1 N–H and O–H groups in total. The second-order valence-corrected chi connectivity index (χ2v) is 5.16. The van der Waals surface area contributed by atoms with E-state index in [1.807, 2.05) is 13.8 Å². The highest BCUT2D eigenvalue weighted by molar-refractivity contribution is 5.78. The Morgan fingerprint density at radius 2 is 2.12 bits per heavy atom. The van der Waals surface area contributed by atoms with Crippen LogP contribution in [0.5, 0.6) is 0 Å². The third kappa shape index (κ3) is 4.00. The molecule has 1 rings (SSSR count). The van der Waals surface area contributed by atoms with Gasteiger partial charge in [-0.2, -0.15) is 0 Å². The zero-order chi connectivity index (χ0) is 13.1. The molecule has 0 aromatic rings. The molecule has 5 nitrogen and oxygen atoms in total. The van der Waals surface area contributed by atoms with Gasteiger partial charge in [0.05, 0.1) is 17.9 Å². The van der Waals surface area contributed by atoms with Gasteiger partial charge in [-0.3, -0.25) is 9.59 Å². The lowest BCUT2D eigenvalue weighted by molar-refractivity contribution is -0.146. The normalized spacial score (nSPS) is 21.4. The minimum Gasteiger partial charge on any atom is -0.481 e. The summed E-state index contributed by atoms with van der Waals surface area (Å²) in [4.78, 5) is 24.5. The zero-order valence-electron chi connectivity index (χ0n) is 10.7. The molecule has 17 heavy (non-hydrogen) atoms. The van der Waals surface area contributed by atoms with Crippen molar-refractivity contribution in [2.75, 3.05) is 20.2 Å². The van der Waals surface area contributed by atoms with Crippen LogP contribution in [0.2, 0.25) is 0 Å². The molecule has 1 aliphatic rings. The highest BCUT2D eigenvalue weighted by Gasteiger charge is 2.30. The molecule has 1 fully saturated rings. The second-order valence-electron chi connectivity index (χ2n) is 5.16. The molecule has 0 saturated carbocycles. The van der Waals surface area contributed by atoms with Gasteiger partial charge >= 0.3 is 5.97 Å². The summed E-state index contributed by atoms with van der Waals surface area (Å²) in [6, 6.07) is 0. The smallest absolute Gasteiger partial charge is 0.308 e. The average Bonchev–Trinajstić information content (AvgIpc) is 2.28. The Kier molecular flexibility index (Phi) is 4.51. The van der Waals surface area contributed by atoms with Gasteiger partial charge in [0.1, 0.15) is 0 Å². The first-order chi connectivity index (χ1) is 7.85. The summed E-state index contributed by atoms with van der Waals surface area (Å²) in [7, 11) is 1.57. The molecule has 5 heteroatoms. The predicted molar refractivity (Wildman–Crippen MR) is 62.6 cm³/mol. The van der Waals surface area contributed by atoms with Crippen LogP contribution in [0.15, 0.2) is 0 Å². The van der Waals surface area contributed by atoms with Crippen LogP contribution in [0.1, 0.15) is 33.1 Å². The van der Waals surface area contributed by atoms with Crippen molar-refractivity contribution in [2.45, 2.75) is 38.7 Å². The second kappa shape index (κ2) is 5.49. The number of methoxy groups -OCH3 is 1. The number of piperidine rings is 1. The Balaban J connectivity index is 2.55. The number of ether oxygens (including phenoxy) is 1. The average molecular weight is 243 g/mol. The highest BCUT2D eigenvalue weighted by atomic mass is 16.5. The largest absolute Gasteiger partial charge is 0.481 e. The van der Waals surface area contributed by atoms with Gasteiger partial charge in [-0.1, -0.05) is 0 Å². The maximum atomic E-state index is 12.0. The molecule has 0 aromatic heterocycles. The van der Waals surface area contributed by atoms with Gasteiger partial charge in [-0.05, 0) is 26.7 Å². The molecule has 0 radical (unpaired) electrons. The summed E-state index contributed by atoms with van der Waals surface area (Å²) in [6.45, 7) is 4.68. The maximum Gasteiger partial charge on any atom is 0.308 e. The fourth-order valence-electron chi connectivity index (χ4n) is 1.95. The molecule has 0 aromatic carbocycles. The molecule has 1 aliphatic heterocycles. The number of likely N-dealkylation sites (tertiary alicyclic amines) is 1. The Hall–Kier alpha value is -1.10. The number of rotatable bonds is 4. The number of carbonyl (C=O) groups is 2. The van der Waals surface area contributed by atoms with E-state index in [-0.39, 0.29) is 12.3 Å². The van der Waals surface area contributed by atoms with Crippen molar-refractivity contribution in [3.63, 3.8) is 0 Å². The predicted octanol–water partition coefficient (Wildman–Crippen LogP) is 1.12. The highest BCUT2D eigenvalue weighted by Crippen LogP contribution is 2.20. The number of nitrogens with zero attached hydrogens (tertiary/aromatic N) is 1. The summed E-state index contributed by atoms with van der Waals surface area (Å²) in [5, 5.41) is 8.95. The third-order valence-electron chi connectivity index (χ3n) is 3.25. The number of carboxylic acids is 1. The lowest BCUT2D eigenvalue weighted by Gasteiger charge is -2.33. The van der Waals surface area contributed by atoms with Gasteiger partial charge < -0.3 is 14.7 Å². The third-order valence-corrected chi connectivity index (χ3v) is 3.25. The number of carboxylic acid groups (broad SMARTS) is 1. The minimum absolute atomic E-state index is 0.0252. The van der Waals surface area contributed by atoms with E-state index in [1.165, 1.54) is 0 Å². The van der Waals surface area contributed by atoms with Gasteiger partial charge in [0.15, 0.2) is 0 Å². The van der Waals surface area contributed by atoms with Gasteiger partial charge in [-0.25, -0.2) is 0 Å². The van der Waals surface area contributed by atoms with Gasteiger partial charge in [0.2, 0.25) is 5.91 Å². The van der Waals surface area contributed by atoms with Crippen molar-refractivity contribution in [2.24, 2.45) is 5.92 Å². The first-order valence-electron chi connectivity index (χ1n) is 5.91. The molecule has 1 heterocycles. The van der Waals surface area contributed by atoms with Crippen LogP contribution in [-0.4, -0.2) is 47.7 Å². The monoisotopic (exact) mass is 243 g/mol. The summed E-state index contributed by atoms with van der Waals surface area (Å²) in [5.41, 5.74) is -0.493. The number of amides is 1. The van der Waals surface area contributed by atoms with Crippen molar-refractivity contribution < 1.29 is 19.4 Å². The van der Waals surface area contributed by atoms with Crippen LogP contribution >= 0.6 is 0 Å². The lowest BCUT2D eigenvalue weighted by Crippen LogP contribution is -2.44. The van der Waals surface area contributed by atoms with Crippen LogP contribution in [0.25, 0.3) is 0 Å². The molecule has 1 atom stereocenters. The van der Waals surface area contributed by atoms with E-state index < -0.39 is 17.5 Å². The standard InChI is InChI=1S/C12H21NO4/c1-12(2,17-3)7-10(14)13-6-4-5-9(8-13)11(15)16/h9H,4-8H2,1-3H3,(H,15,16)/t9-/m0/s1. The van der Waals surface area contributed by atoms with E-state index in [2.05, 4.69) is 0 Å². The molecule has 0 spiro atoms. The molecule has 0 bridgehead atoms. The molecule has 1 saturated heterocycles. The first-order valence-corrected chi connectivity index (χ1v) is 5.91. The Labute approximate surface area is 102 Å².